The van der Waals surface area contributed by atoms with Gasteiger partial charge in [-0.25, -0.2) is 0 Å². The van der Waals surface area contributed by atoms with Crippen LogP contribution in [0.4, 0.5) is 0 Å². The van der Waals surface area contributed by atoms with Gasteiger partial charge in [0.25, 0.3) is 0 Å². The predicted molar refractivity (Wildman–Crippen MR) is 70.5 cm³/mol. The van der Waals surface area contributed by atoms with E-state index in [2.05, 4.69) is 0 Å². The van der Waals surface area contributed by atoms with Crippen molar-refractivity contribution in [1.29, 1.82) is 0 Å². The van der Waals surface area contributed by atoms with Crippen LogP contribution < -0.4 is 9.47 Å². The second-order valence-electron chi connectivity index (χ2n) is 5.11. The van der Waals surface area contributed by atoms with Crippen LogP contribution in [0, 0.1) is 5.92 Å². The molecular weight excluding hydrogens is 244 g/mol. The van der Waals surface area contributed by atoms with Crippen molar-refractivity contribution in [3.8, 4) is 11.5 Å². The molecule has 0 aromatic heterocycles. The molecule has 4 heteroatoms. The highest BCUT2D eigenvalue weighted by Crippen LogP contribution is 2.41. The first-order chi connectivity index (χ1) is 9.29. The highest BCUT2D eigenvalue weighted by Gasteiger charge is 2.37. The van der Waals surface area contributed by atoms with Gasteiger partial charge in [0, 0.05) is 6.61 Å². The number of hydrogen-bond acceptors (Lipinski definition) is 4. The number of benzene rings is 1. The molecule has 3 rings (SSSR count). The molecule has 0 spiro atoms. The van der Waals surface area contributed by atoms with Crippen LogP contribution in [0.15, 0.2) is 18.2 Å². The molecule has 104 valence electrons. The van der Waals surface area contributed by atoms with Crippen LogP contribution in [0.3, 0.4) is 0 Å². The third-order valence-electron chi connectivity index (χ3n) is 3.66. The number of aliphatic hydroxyl groups is 1. The molecule has 4 nitrogen and oxygen atoms in total. The maximum atomic E-state index is 10.5. The number of ether oxygens (including phenoxy) is 3. The van der Waals surface area contributed by atoms with Crippen molar-refractivity contribution in [1.82, 2.24) is 0 Å². The van der Waals surface area contributed by atoms with E-state index < -0.39 is 6.10 Å². The highest BCUT2D eigenvalue weighted by molar-refractivity contribution is 5.44. The molecule has 0 saturated heterocycles. The number of hydrogen-bond donors (Lipinski definition) is 1. The minimum Gasteiger partial charge on any atom is -0.486 e. The number of fused-ring (bicyclic) bond motifs is 1. The monoisotopic (exact) mass is 264 g/mol. The Morgan fingerprint density at radius 3 is 2.68 bits per heavy atom. The Morgan fingerprint density at radius 1 is 1.26 bits per heavy atom. The van der Waals surface area contributed by atoms with E-state index in [1.807, 2.05) is 25.1 Å². The molecule has 1 saturated carbocycles. The summed E-state index contributed by atoms with van der Waals surface area (Å²) in [5.74, 6) is 1.96. The van der Waals surface area contributed by atoms with Crippen molar-refractivity contribution in [3.63, 3.8) is 0 Å². The fourth-order valence-corrected chi connectivity index (χ4v) is 2.54. The summed E-state index contributed by atoms with van der Waals surface area (Å²) in [5.41, 5.74) is 0.842. The zero-order chi connectivity index (χ0) is 13.2. The van der Waals surface area contributed by atoms with Gasteiger partial charge in [-0.1, -0.05) is 6.07 Å². The molecule has 1 aliphatic heterocycles. The van der Waals surface area contributed by atoms with E-state index in [1.54, 1.807) is 0 Å². The summed E-state index contributed by atoms with van der Waals surface area (Å²) in [6.45, 7) is 3.73. The molecule has 1 heterocycles. The average molecular weight is 264 g/mol. The van der Waals surface area contributed by atoms with Gasteiger partial charge in [0.2, 0.25) is 0 Å². The Kier molecular flexibility index (Phi) is 3.62. The second-order valence-corrected chi connectivity index (χ2v) is 5.11. The van der Waals surface area contributed by atoms with Gasteiger partial charge >= 0.3 is 0 Å². The molecule has 1 fully saturated rings. The second kappa shape index (κ2) is 5.39. The Hall–Kier alpha value is -1.26. The summed E-state index contributed by atoms with van der Waals surface area (Å²) >= 11 is 0. The van der Waals surface area contributed by atoms with E-state index in [9.17, 15) is 5.11 Å². The largest absolute Gasteiger partial charge is 0.486 e. The summed E-state index contributed by atoms with van der Waals surface area (Å²) in [4.78, 5) is 0. The molecule has 0 bridgehead atoms. The van der Waals surface area contributed by atoms with Gasteiger partial charge in [-0.15, -0.1) is 0 Å². The van der Waals surface area contributed by atoms with Gasteiger partial charge in [-0.05, 0) is 43.4 Å². The fourth-order valence-electron chi connectivity index (χ4n) is 2.54. The fraction of sp³-hybridized carbons (Fsp3) is 0.600. The average Bonchev–Trinajstić information content (AvgIpc) is 3.28. The van der Waals surface area contributed by atoms with Crippen LogP contribution in [-0.4, -0.2) is 31.0 Å². The lowest BCUT2D eigenvalue weighted by molar-refractivity contribution is -0.0463. The van der Waals surface area contributed by atoms with Gasteiger partial charge in [-0.3, -0.25) is 0 Å². The van der Waals surface area contributed by atoms with Crippen molar-refractivity contribution < 1.29 is 19.3 Å². The Balaban J connectivity index is 1.80. The van der Waals surface area contributed by atoms with Crippen LogP contribution in [0.25, 0.3) is 0 Å². The van der Waals surface area contributed by atoms with Crippen molar-refractivity contribution >= 4 is 0 Å². The van der Waals surface area contributed by atoms with Crippen molar-refractivity contribution in [2.45, 2.75) is 32.0 Å². The number of aliphatic hydroxyl groups excluding tert-OH is 1. The zero-order valence-electron chi connectivity index (χ0n) is 11.2. The van der Waals surface area contributed by atoms with Gasteiger partial charge < -0.3 is 19.3 Å². The Labute approximate surface area is 113 Å². The standard InChI is InChI=1S/C15H20O4/c1-2-17-15(10-3-4-10)14(16)11-5-6-12-13(9-11)19-8-7-18-12/h5-6,9-10,14-16H,2-4,7-8H2,1H3. The summed E-state index contributed by atoms with van der Waals surface area (Å²) < 4.78 is 16.7. The van der Waals surface area contributed by atoms with Crippen LogP contribution in [0.2, 0.25) is 0 Å². The lowest BCUT2D eigenvalue weighted by Crippen LogP contribution is -2.25. The Morgan fingerprint density at radius 2 is 2.00 bits per heavy atom. The maximum Gasteiger partial charge on any atom is 0.161 e. The molecule has 2 atom stereocenters. The topological polar surface area (TPSA) is 47.9 Å². The molecule has 19 heavy (non-hydrogen) atoms. The molecule has 1 aliphatic carbocycles. The lowest BCUT2D eigenvalue weighted by Gasteiger charge is -2.25. The van der Waals surface area contributed by atoms with Crippen molar-refractivity contribution in [2.24, 2.45) is 5.92 Å². The third kappa shape index (κ3) is 2.69. The molecule has 1 aromatic rings. The van der Waals surface area contributed by atoms with Gasteiger partial charge in [0.05, 0.1) is 6.10 Å². The first-order valence-electron chi connectivity index (χ1n) is 6.99. The first kappa shape index (κ1) is 12.8. The van der Waals surface area contributed by atoms with Gasteiger partial charge in [0.15, 0.2) is 11.5 Å². The molecule has 0 radical (unpaired) electrons. The molecular formula is C15H20O4. The van der Waals surface area contributed by atoms with Gasteiger partial charge in [-0.2, -0.15) is 0 Å². The smallest absolute Gasteiger partial charge is 0.161 e. The van der Waals surface area contributed by atoms with E-state index in [0.29, 0.717) is 31.5 Å². The van der Waals surface area contributed by atoms with Crippen LogP contribution in [0.5, 0.6) is 11.5 Å². The van der Waals surface area contributed by atoms with Crippen LogP contribution in [0.1, 0.15) is 31.4 Å². The maximum absolute atomic E-state index is 10.5. The number of rotatable bonds is 5. The Bertz CT molecular complexity index is 442. The molecule has 2 aliphatic rings. The zero-order valence-corrected chi connectivity index (χ0v) is 11.2. The van der Waals surface area contributed by atoms with E-state index in [1.165, 1.54) is 0 Å². The summed E-state index contributed by atoms with van der Waals surface area (Å²) in [6.07, 6.45) is 1.59. The third-order valence-corrected chi connectivity index (χ3v) is 3.66. The van der Waals surface area contributed by atoms with Crippen molar-refractivity contribution in [3.05, 3.63) is 23.8 Å². The SMILES string of the molecule is CCOC(C1CC1)C(O)c1ccc2c(c1)OCCO2. The summed E-state index contributed by atoms with van der Waals surface area (Å²) in [6, 6.07) is 5.63. The van der Waals surface area contributed by atoms with Crippen molar-refractivity contribution in [2.75, 3.05) is 19.8 Å². The predicted octanol–water partition coefficient (Wildman–Crippen LogP) is 2.31. The molecule has 1 N–H and O–H groups in total. The minimum absolute atomic E-state index is 0.104. The molecule has 1 aromatic carbocycles. The van der Waals surface area contributed by atoms with E-state index in [-0.39, 0.29) is 6.10 Å². The quantitative estimate of drug-likeness (QED) is 0.886. The molecule has 2 unspecified atom stereocenters. The summed E-state index contributed by atoms with van der Waals surface area (Å²) in [7, 11) is 0. The van der Waals surface area contributed by atoms with Crippen LogP contribution in [-0.2, 0) is 4.74 Å². The summed E-state index contributed by atoms with van der Waals surface area (Å²) in [5, 5.41) is 10.5. The highest BCUT2D eigenvalue weighted by atomic mass is 16.6. The van der Waals surface area contributed by atoms with E-state index in [4.69, 9.17) is 14.2 Å². The first-order valence-corrected chi connectivity index (χ1v) is 6.99. The minimum atomic E-state index is -0.594. The van der Waals surface area contributed by atoms with Crippen LogP contribution >= 0.6 is 0 Å². The van der Waals surface area contributed by atoms with Gasteiger partial charge in [0.1, 0.15) is 19.3 Å². The molecule has 0 amide bonds. The van der Waals surface area contributed by atoms with E-state index >= 15 is 0 Å². The normalized spacial score (nSPS) is 20.9. The lowest BCUT2D eigenvalue weighted by atomic mass is 10.0. The van der Waals surface area contributed by atoms with E-state index in [0.717, 1.165) is 24.2 Å².